The van der Waals surface area contributed by atoms with E-state index in [0.29, 0.717) is 5.56 Å². The largest absolute Gasteiger partial charge is 0.480 e. The summed E-state index contributed by atoms with van der Waals surface area (Å²) in [7, 11) is -3.48. The van der Waals surface area contributed by atoms with Crippen LogP contribution in [0.2, 0.25) is 0 Å². The quantitative estimate of drug-likeness (QED) is 0.823. The standard InChI is InChI=1S/C12H15NO4S/c1-2-18(16,17)10-9(12(10,13)11(14)15)8-6-4-3-5-7-8/h3-7,9-10H,2,13H2,1H3,(H,14,15)/t9-,10-,12-/m1/s1. The Morgan fingerprint density at radius 1 is 1.39 bits per heavy atom. The Balaban J connectivity index is 2.46. The van der Waals surface area contributed by atoms with Crippen molar-refractivity contribution in [3.05, 3.63) is 35.9 Å². The number of carboxylic acids is 1. The Hall–Kier alpha value is -1.40. The van der Waals surface area contributed by atoms with E-state index >= 15 is 0 Å². The Kier molecular flexibility index (Phi) is 2.95. The maximum absolute atomic E-state index is 11.9. The van der Waals surface area contributed by atoms with E-state index in [1.54, 1.807) is 30.3 Å². The summed E-state index contributed by atoms with van der Waals surface area (Å²) >= 11 is 0. The van der Waals surface area contributed by atoms with Crippen molar-refractivity contribution in [1.29, 1.82) is 0 Å². The van der Waals surface area contributed by atoms with Gasteiger partial charge in [0.2, 0.25) is 0 Å². The van der Waals surface area contributed by atoms with E-state index in [-0.39, 0.29) is 5.75 Å². The molecule has 2 rings (SSSR count). The van der Waals surface area contributed by atoms with Crippen LogP contribution >= 0.6 is 0 Å². The number of nitrogens with two attached hydrogens (primary N) is 1. The molecule has 1 saturated carbocycles. The van der Waals surface area contributed by atoms with E-state index < -0.39 is 32.5 Å². The van der Waals surface area contributed by atoms with Crippen molar-refractivity contribution in [3.63, 3.8) is 0 Å². The lowest BCUT2D eigenvalue weighted by molar-refractivity contribution is -0.139. The highest BCUT2D eigenvalue weighted by atomic mass is 32.2. The molecule has 0 heterocycles. The maximum Gasteiger partial charge on any atom is 0.325 e. The summed E-state index contributed by atoms with van der Waals surface area (Å²) in [6.07, 6.45) is 0. The first kappa shape index (κ1) is 13.0. The number of carbonyl (C=O) groups is 1. The third-order valence-corrected chi connectivity index (χ3v) is 5.74. The van der Waals surface area contributed by atoms with Gasteiger partial charge in [-0.1, -0.05) is 37.3 Å². The van der Waals surface area contributed by atoms with Crippen LogP contribution in [-0.4, -0.2) is 36.0 Å². The minimum Gasteiger partial charge on any atom is -0.480 e. The predicted octanol–water partition coefficient (Wildman–Crippen LogP) is 0.369. The molecule has 0 unspecified atom stereocenters. The van der Waals surface area contributed by atoms with Crippen LogP contribution in [0.4, 0.5) is 0 Å². The molecule has 0 aliphatic heterocycles. The van der Waals surface area contributed by atoms with Crippen LogP contribution in [0.25, 0.3) is 0 Å². The molecule has 6 heteroatoms. The summed E-state index contributed by atoms with van der Waals surface area (Å²) in [5.74, 6) is -2.03. The number of hydrogen-bond acceptors (Lipinski definition) is 4. The van der Waals surface area contributed by atoms with E-state index in [9.17, 15) is 18.3 Å². The lowest BCUT2D eigenvalue weighted by Gasteiger charge is -2.04. The molecule has 1 fully saturated rings. The number of aliphatic carboxylic acids is 1. The zero-order chi connectivity index (χ0) is 13.6. The fourth-order valence-corrected chi connectivity index (χ4v) is 4.34. The topological polar surface area (TPSA) is 97.5 Å². The third kappa shape index (κ3) is 1.72. The molecule has 5 nitrogen and oxygen atoms in total. The van der Waals surface area contributed by atoms with E-state index in [1.807, 2.05) is 0 Å². The van der Waals surface area contributed by atoms with Gasteiger partial charge in [0.25, 0.3) is 0 Å². The Morgan fingerprint density at radius 3 is 2.39 bits per heavy atom. The van der Waals surface area contributed by atoms with Gasteiger partial charge in [0, 0.05) is 11.7 Å². The molecule has 0 amide bonds. The van der Waals surface area contributed by atoms with Crippen LogP contribution < -0.4 is 5.73 Å². The fraction of sp³-hybridized carbons (Fsp3) is 0.417. The number of sulfone groups is 1. The second-order valence-corrected chi connectivity index (χ2v) is 6.91. The van der Waals surface area contributed by atoms with E-state index in [2.05, 4.69) is 0 Å². The summed E-state index contributed by atoms with van der Waals surface area (Å²) < 4.78 is 23.8. The summed E-state index contributed by atoms with van der Waals surface area (Å²) in [5.41, 5.74) is 4.75. The van der Waals surface area contributed by atoms with Gasteiger partial charge in [0.1, 0.15) is 5.54 Å². The van der Waals surface area contributed by atoms with Crippen LogP contribution in [0.15, 0.2) is 30.3 Å². The average Bonchev–Trinajstić information content (AvgIpc) is 3.00. The molecule has 0 spiro atoms. The number of carboxylic acid groups (broad SMARTS) is 1. The van der Waals surface area contributed by atoms with Gasteiger partial charge >= 0.3 is 5.97 Å². The molecule has 1 aromatic rings. The van der Waals surface area contributed by atoms with Crippen molar-refractivity contribution in [2.75, 3.05) is 5.75 Å². The van der Waals surface area contributed by atoms with Crippen LogP contribution in [0, 0.1) is 0 Å². The van der Waals surface area contributed by atoms with Gasteiger partial charge in [-0.2, -0.15) is 0 Å². The van der Waals surface area contributed by atoms with Crippen LogP contribution in [-0.2, 0) is 14.6 Å². The molecule has 1 aliphatic carbocycles. The Morgan fingerprint density at radius 2 is 1.94 bits per heavy atom. The monoisotopic (exact) mass is 269 g/mol. The van der Waals surface area contributed by atoms with Crippen molar-refractivity contribution in [2.24, 2.45) is 5.73 Å². The first-order chi connectivity index (χ1) is 8.35. The number of rotatable bonds is 4. The zero-order valence-electron chi connectivity index (χ0n) is 9.91. The molecule has 98 valence electrons. The summed E-state index contributed by atoms with van der Waals surface area (Å²) in [5, 5.41) is 8.15. The summed E-state index contributed by atoms with van der Waals surface area (Å²) in [6.45, 7) is 1.50. The first-order valence-electron chi connectivity index (χ1n) is 5.64. The molecule has 3 N–H and O–H groups in total. The fourth-order valence-electron chi connectivity index (χ4n) is 2.42. The van der Waals surface area contributed by atoms with E-state index in [0.717, 1.165) is 0 Å². The van der Waals surface area contributed by atoms with Gasteiger partial charge in [-0.15, -0.1) is 0 Å². The highest BCUT2D eigenvalue weighted by Crippen LogP contribution is 2.54. The minimum atomic E-state index is -3.48. The second kappa shape index (κ2) is 4.07. The molecule has 1 aliphatic rings. The SMILES string of the molecule is CCS(=O)(=O)[C@@H]1[C@@H](c2ccccc2)[C@]1(N)C(=O)O. The number of hydrogen-bond donors (Lipinski definition) is 2. The predicted molar refractivity (Wildman–Crippen MR) is 67.0 cm³/mol. The average molecular weight is 269 g/mol. The van der Waals surface area contributed by atoms with Crippen molar-refractivity contribution >= 4 is 15.8 Å². The molecule has 0 saturated heterocycles. The smallest absolute Gasteiger partial charge is 0.325 e. The van der Waals surface area contributed by atoms with Gasteiger partial charge in [-0.05, 0) is 5.56 Å². The highest BCUT2D eigenvalue weighted by molar-refractivity contribution is 7.92. The molecule has 0 aromatic heterocycles. The van der Waals surface area contributed by atoms with Gasteiger partial charge in [0.15, 0.2) is 9.84 Å². The lowest BCUT2D eigenvalue weighted by Crippen LogP contribution is -2.40. The highest BCUT2D eigenvalue weighted by Gasteiger charge is 2.73. The molecule has 3 atom stereocenters. The van der Waals surface area contributed by atoms with Crippen molar-refractivity contribution in [1.82, 2.24) is 0 Å². The maximum atomic E-state index is 11.9. The van der Waals surface area contributed by atoms with Crippen molar-refractivity contribution in [2.45, 2.75) is 23.6 Å². The lowest BCUT2D eigenvalue weighted by atomic mass is 10.1. The van der Waals surface area contributed by atoms with Crippen LogP contribution in [0.1, 0.15) is 18.4 Å². The summed E-state index contributed by atoms with van der Waals surface area (Å²) in [6, 6.07) is 8.69. The normalized spacial score (nSPS) is 31.0. The molecule has 18 heavy (non-hydrogen) atoms. The number of benzene rings is 1. The summed E-state index contributed by atoms with van der Waals surface area (Å²) in [4.78, 5) is 11.3. The molecule has 0 bridgehead atoms. The molecular formula is C12H15NO4S. The molecular weight excluding hydrogens is 254 g/mol. The third-order valence-electron chi connectivity index (χ3n) is 3.50. The molecule has 0 radical (unpaired) electrons. The van der Waals surface area contributed by atoms with Crippen LogP contribution in [0.5, 0.6) is 0 Å². The van der Waals surface area contributed by atoms with Gasteiger partial charge in [0.05, 0.1) is 5.25 Å². The van der Waals surface area contributed by atoms with Gasteiger partial charge in [-0.25, -0.2) is 8.42 Å². The van der Waals surface area contributed by atoms with Gasteiger partial charge < -0.3 is 10.8 Å². The van der Waals surface area contributed by atoms with Gasteiger partial charge in [-0.3, -0.25) is 4.79 Å². The van der Waals surface area contributed by atoms with E-state index in [4.69, 9.17) is 5.73 Å². The second-order valence-electron chi connectivity index (χ2n) is 4.50. The Bertz CT molecular complexity index is 569. The van der Waals surface area contributed by atoms with Crippen molar-refractivity contribution < 1.29 is 18.3 Å². The van der Waals surface area contributed by atoms with Crippen molar-refractivity contribution in [3.8, 4) is 0 Å². The molecule has 1 aromatic carbocycles. The van der Waals surface area contributed by atoms with E-state index in [1.165, 1.54) is 6.92 Å². The minimum absolute atomic E-state index is 0.104. The Labute approximate surface area is 106 Å². The first-order valence-corrected chi connectivity index (χ1v) is 7.36. The van der Waals surface area contributed by atoms with Crippen LogP contribution in [0.3, 0.4) is 0 Å². The zero-order valence-corrected chi connectivity index (χ0v) is 10.7.